The molecule has 0 radical (unpaired) electrons. The molecule has 1 aromatic rings. The van der Waals surface area contributed by atoms with Gasteiger partial charge in [0.2, 0.25) is 0 Å². The molecule has 0 amide bonds. The van der Waals surface area contributed by atoms with Gasteiger partial charge in [0.15, 0.2) is 17.4 Å². The van der Waals surface area contributed by atoms with E-state index >= 15 is 0 Å². The van der Waals surface area contributed by atoms with Crippen LogP contribution in [0.4, 0.5) is 0 Å². The molecule has 0 nitrogen and oxygen atoms in total. The fourth-order valence-corrected chi connectivity index (χ4v) is 0.714. The minimum Gasteiger partial charge on any atom is -1.00 e. The second-order valence-electron chi connectivity index (χ2n) is 1.84. The summed E-state index contributed by atoms with van der Waals surface area (Å²) in [5.74, 6) is 0. The smallest absolute Gasteiger partial charge is 1.00 e. The minimum atomic E-state index is 0. The maximum atomic E-state index is 2.16. The summed E-state index contributed by atoms with van der Waals surface area (Å²) in [6, 6.07) is 10.5. The van der Waals surface area contributed by atoms with Gasteiger partial charge < -0.3 is 1.43 Å². The summed E-state index contributed by atoms with van der Waals surface area (Å²) in [7, 11) is 0. The third-order valence-corrected chi connectivity index (χ3v) is 1.25. The van der Waals surface area contributed by atoms with Crippen LogP contribution in [0.15, 0.2) is 30.3 Å². The van der Waals surface area contributed by atoms with Crippen LogP contribution in [0.5, 0.6) is 0 Å². The van der Waals surface area contributed by atoms with Gasteiger partial charge in [0.1, 0.15) is 0 Å². The van der Waals surface area contributed by atoms with Crippen molar-refractivity contribution in [2.75, 3.05) is 0 Å². The van der Waals surface area contributed by atoms with Gasteiger partial charge in [-0.25, -0.2) is 0 Å². The van der Waals surface area contributed by atoms with E-state index in [1.165, 1.54) is 5.56 Å². The Morgan fingerprint density at radius 1 is 1.30 bits per heavy atom. The molecular formula is C8H20AlLi. The van der Waals surface area contributed by atoms with Crippen LogP contribution in [0.1, 0.15) is 18.2 Å². The predicted octanol–water partition coefficient (Wildman–Crippen LogP) is -1.08. The molecule has 0 aromatic heterocycles. The summed E-state index contributed by atoms with van der Waals surface area (Å²) in [5.41, 5.74) is 1.41. The third kappa shape index (κ3) is 4.21. The van der Waals surface area contributed by atoms with E-state index in [0.29, 0.717) is 0 Å². The molecule has 0 saturated heterocycles. The van der Waals surface area contributed by atoms with Crippen molar-refractivity contribution < 1.29 is 24.6 Å². The van der Waals surface area contributed by atoms with Crippen molar-refractivity contribution in [3.63, 3.8) is 0 Å². The van der Waals surface area contributed by atoms with E-state index in [4.69, 9.17) is 0 Å². The first-order chi connectivity index (χ1) is 3.93. The Labute approximate surface area is 91.3 Å². The third-order valence-electron chi connectivity index (χ3n) is 1.25. The summed E-state index contributed by atoms with van der Waals surface area (Å²) < 4.78 is 0. The van der Waals surface area contributed by atoms with Crippen molar-refractivity contribution in [2.24, 2.45) is 0 Å². The van der Waals surface area contributed by atoms with Crippen molar-refractivity contribution in [1.82, 2.24) is 0 Å². The normalized spacial score (nSPS) is 7.30. The quantitative estimate of drug-likeness (QED) is 0.447. The molecule has 0 heterocycles. The monoisotopic (exact) mass is 150 g/mol. The number of aryl methyl sites for hydroxylation is 1. The molecule has 0 aliphatic carbocycles. The second kappa shape index (κ2) is 7.46. The van der Waals surface area contributed by atoms with Crippen molar-refractivity contribution in [3.8, 4) is 0 Å². The molecule has 0 unspecified atom stereocenters. The van der Waals surface area contributed by atoms with Crippen molar-refractivity contribution in [3.05, 3.63) is 35.9 Å². The summed E-state index contributed by atoms with van der Waals surface area (Å²) in [4.78, 5) is 0. The van der Waals surface area contributed by atoms with Crippen LogP contribution in [0.3, 0.4) is 0 Å². The van der Waals surface area contributed by atoms with E-state index < -0.39 is 0 Å². The largest absolute Gasteiger partial charge is 1.00 e. The molecule has 0 aliphatic heterocycles. The van der Waals surface area contributed by atoms with Crippen LogP contribution in [-0.2, 0) is 6.42 Å². The van der Waals surface area contributed by atoms with Gasteiger partial charge in [0.05, 0.1) is 0 Å². The Bertz CT molecular complexity index is 163. The topological polar surface area (TPSA) is 0 Å². The first-order valence-corrected chi connectivity index (χ1v) is 2.97. The van der Waals surface area contributed by atoms with Gasteiger partial charge >= 0.3 is 18.9 Å². The molecule has 0 saturated carbocycles. The fourth-order valence-electron chi connectivity index (χ4n) is 0.714. The van der Waals surface area contributed by atoms with Gasteiger partial charge in [-0.3, -0.25) is 0 Å². The fraction of sp³-hybridized carbons (Fsp3) is 0.250. The van der Waals surface area contributed by atoms with E-state index in [2.05, 4.69) is 31.2 Å². The zero-order chi connectivity index (χ0) is 5.82. The number of benzene rings is 1. The van der Waals surface area contributed by atoms with Crippen molar-refractivity contribution in [2.45, 2.75) is 13.3 Å². The molecule has 1 aromatic carbocycles. The van der Waals surface area contributed by atoms with E-state index in [1.54, 1.807) is 0 Å². The summed E-state index contributed by atoms with van der Waals surface area (Å²) in [5, 5.41) is 0. The molecule has 0 N–H and O–H groups in total. The van der Waals surface area contributed by atoms with Crippen LogP contribution in [-0.4, -0.2) is 17.4 Å². The van der Waals surface area contributed by atoms with E-state index in [9.17, 15) is 0 Å². The SMILES string of the molecule is CCc1ccccc1.[AlH3].[H-].[HH].[HH].[HH].[Li+]. The zero-order valence-corrected chi connectivity index (χ0v) is 6.09. The second-order valence-corrected chi connectivity index (χ2v) is 1.84. The summed E-state index contributed by atoms with van der Waals surface area (Å²) in [6.07, 6.45) is 1.14. The van der Waals surface area contributed by atoms with Gasteiger partial charge in [-0.1, -0.05) is 37.3 Å². The minimum absolute atomic E-state index is 0. The van der Waals surface area contributed by atoms with Crippen LogP contribution < -0.4 is 18.9 Å². The van der Waals surface area contributed by atoms with Gasteiger partial charge in [0.25, 0.3) is 0 Å². The van der Waals surface area contributed by atoms with Crippen LogP contribution in [0, 0.1) is 0 Å². The first-order valence-electron chi connectivity index (χ1n) is 2.97. The average molecular weight is 150 g/mol. The van der Waals surface area contributed by atoms with Crippen LogP contribution in [0.25, 0.3) is 0 Å². The Morgan fingerprint density at radius 2 is 1.80 bits per heavy atom. The molecule has 0 fully saturated rings. The average Bonchev–Trinajstić information content (AvgIpc) is 1.90. The Morgan fingerprint density at radius 3 is 2.10 bits per heavy atom. The molecule has 0 atom stereocenters. The van der Waals surface area contributed by atoms with E-state index in [-0.39, 0.29) is 41.9 Å². The van der Waals surface area contributed by atoms with Crippen LogP contribution >= 0.6 is 0 Å². The molecule has 0 spiro atoms. The molecule has 10 heavy (non-hydrogen) atoms. The summed E-state index contributed by atoms with van der Waals surface area (Å²) in [6.45, 7) is 2.16. The maximum Gasteiger partial charge on any atom is 1.00 e. The van der Waals surface area contributed by atoms with Gasteiger partial charge in [0, 0.05) is 4.28 Å². The van der Waals surface area contributed by atoms with Crippen molar-refractivity contribution in [1.29, 1.82) is 0 Å². The van der Waals surface area contributed by atoms with Gasteiger partial charge in [-0.15, -0.1) is 0 Å². The molecule has 0 bridgehead atoms. The standard InChI is InChI=1S/C8H10.Al.Li.3H2.4H/c1-2-8-6-4-3-5-7-8;;;;;;;;;/h3-7H,2H2,1H3;;;3*1H;;;;/q;;+1;;;;;;;-1. The van der Waals surface area contributed by atoms with E-state index in [0.717, 1.165) is 6.42 Å². The van der Waals surface area contributed by atoms with E-state index in [1.807, 2.05) is 6.07 Å². The summed E-state index contributed by atoms with van der Waals surface area (Å²) >= 11 is 0. The number of hydrogen-bond donors (Lipinski definition) is 0. The number of hydrogen-bond acceptors (Lipinski definition) is 0. The zero-order valence-electron chi connectivity index (χ0n) is 7.09. The molecule has 2 heteroatoms. The molecule has 0 aliphatic rings. The first kappa shape index (κ1) is 13.0. The van der Waals surface area contributed by atoms with Crippen LogP contribution in [0.2, 0.25) is 0 Å². The predicted molar refractivity (Wildman–Crippen MR) is 53.2 cm³/mol. The molecular weight excluding hydrogens is 130 g/mol. The number of rotatable bonds is 1. The van der Waals surface area contributed by atoms with Gasteiger partial charge in [-0.2, -0.15) is 0 Å². The Hall–Kier alpha value is 0.350. The Balaban J connectivity index is -0.0000000267. The van der Waals surface area contributed by atoms with Crippen molar-refractivity contribution >= 4 is 17.4 Å². The maximum absolute atomic E-state index is 2.16. The Kier molecular flexibility index (Phi) is 9.68. The van der Waals surface area contributed by atoms with Gasteiger partial charge in [-0.05, 0) is 12.0 Å². The molecule has 56 valence electrons. The molecule has 1 rings (SSSR count).